The fourth-order valence-corrected chi connectivity index (χ4v) is 4.17. The van der Waals surface area contributed by atoms with Crippen LogP contribution in [-0.4, -0.2) is 50.7 Å². The van der Waals surface area contributed by atoms with Crippen molar-refractivity contribution in [1.29, 1.82) is 0 Å². The van der Waals surface area contributed by atoms with Crippen molar-refractivity contribution in [3.8, 4) is 5.75 Å². The summed E-state index contributed by atoms with van der Waals surface area (Å²) in [4.78, 5) is 26.8. The molecule has 0 bridgehead atoms. The molecule has 0 unspecified atom stereocenters. The predicted molar refractivity (Wildman–Crippen MR) is 111 cm³/mol. The van der Waals surface area contributed by atoms with Gasteiger partial charge in [0.05, 0.1) is 23.3 Å². The Morgan fingerprint density at radius 3 is 2.33 bits per heavy atom. The maximum Gasteiger partial charge on any atom is 0.339 e. The van der Waals surface area contributed by atoms with E-state index in [9.17, 15) is 18.0 Å². The van der Waals surface area contributed by atoms with Gasteiger partial charge in [0.1, 0.15) is 5.75 Å². The van der Waals surface area contributed by atoms with Crippen LogP contribution in [0.25, 0.3) is 0 Å². The average molecular weight is 432 g/mol. The lowest BCUT2D eigenvalue weighted by Crippen LogP contribution is -2.36. The van der Waals surface area contributed by atoms with Crippen LogP contribution in [0.4, 0.5) is 0 Å². The van der Waals surface area contributed by atoms with E-state index in [0.29, 0.717) is 6.54 Å². The van der Waals surface area contributed by atoms with Crippen molar-refractivity contribution >= 4 is 21.7 Å². The Hall–Kier alpha value is -2.87. The second-order valence-electron chi connectivity index (χ2n) is 7.08. The summed E-state index contributed by atoms with van der Waals surface area (Å²) in [6.07, 6.45) is 1.82. The molecule has 0 radical (unpaired) electrons. The van der Waals surface area contributed by atoms with Gasteiger partial charge in [0.2, 0.25) is 0 Å². The van der Waals surface area contributed by atoms with Crippen LogP contribution in [0.15, 0.2) is 53.4 Å². The minimum absolute atomic E-state index is 0.0553. The average Bonchev–Trinajstić information content (AvgIpc) is 3.61. The SMILES string of the molecule is CCS(=O)(=O)c1ccccc1C(=O)OCC(=O)N(Cc1ccc(OC)cc1)C1CC1. The van der Waals surface area contributed by atoms with Crippen molar-refractivity contribution in [2.45, 2.75) is 37.2 Å². The highest BCUT2D eigenvalue weighted by atomic mass is 32.2. The van der Waals surface area contributed by atoms with Gasteiger partial charge in [-0.3, -0.25) is 4.79 Å². The number of rotatable bonds is 9. The van der Waals surface area contributed by atoms with Gasteiger partial charge in [0.15, 0.2) is 16.4 Å². The highest BCUT2D eigenvalue weighted by Crippen LogP contribution is 2.29. The smallest absolute Gasteiger partial charge is 0.339 e. The molecule has 7 nitrogen and oxygen atoms in total. The van der Waals surface area contributed by atoms with Gasteiger partial charge >= 0.3 is 5.97 Å². The van der Waals surface area contributed by atoms with Crippen molar-refractivity contribution < 1.29 is 27.5 Å². The standard InChI is InChI=1S/C22H25NO6S/c1-3-30(26,27)20-7-5-4-6-19(20)22(25)29-15-21(24)23(17-10-11-17)14-16-8-12-18(28-2)13-9-16/h4-9,12-13,17H,3,10-11,14-15H2,1-2H3. The Bertz CT molecular complexity index is 1010. The van der Waals surface area contributed by atoms with E-state index in [0.717, 1.165) is 24.2 Å². The number of carbonyl (C=O) groups is 2. The Balaban J connectivity index is 1.67. The third-order valence-electron chi connectivity index (χ3n) is 4.97. The minimum Gasteiger partial charge on any atom is -0.497 e. The van der Waals surface area contributed by atoms with E-state index in [2.05, 4.69) is 0 Å². The van der Waals surface area contributed by atoms with Crippen LogP contribution in [-0.2, 0) is 25.9 Å². The first kappa shape index (κ1) is 21.8. The molecule has 3 rings (SSSR count). The van der Waals surface area contributed by atoms with Gasteiger partial charge in [-0.2, -0.15) is 0 Å². The lowest BCUT2D eigenvalue weighted by Gasteiger charge is -2.22. The van der Waals surface area contributed by atoms with Gasteiger partial charge in [0.25, 0.3) is 5.91 Å². The number of esters is 1. The van der Waals surface area contributed by atoms with Gasteiger partial charge in [-0.15, -0.1) is 0 Å². The van der Waals surface area contributed by atoms with Gasteiger partial charge in [-0.05, 0) is 42.7 Å². The van der Waals surface area contributed by atoms with Gasteiger partial charge in [0, 0.05) is 12.6 Å². The summed E-state index contributed by atoms with van der Waals surface area (Å²) >= 11 is 0. The monoisotopic (exact) mass is 431 g/mol. The second-order valence-corrected chi connectivity index (χ2v) is 9.32. The van der Waals surface area contributed by atoms with E-state index >= 15 is 0 Å². The molecule has 8 heteroatoms. The van der Waals surface area contributed by atoms with Crippen molar-refractivity contribution in [2.24, 2.45) is 0 Å². The maximum absolute atomic E-state index is 12.7. The van der Waals surface area contributed by atoms with E-state index < -0.39 is 22.4 Å². The Kier molecular flexibility index (Phi) is 6.77. The summed E-state index contributed by atoms with van der Waals surface area (Å²) in [6, 6.07) is 13.4. The molecule has 0 N–H and O–H groups in total. The molecule has 0 aromatic heterocycles. The number of hydrogen-bond donors (Lipinski definition) is 0. The Morgan fingerprint density at radius 2 is 1.73 bits per heavy atom. The Labute approximate surface area is 176 Å². The summed E-state index contributed by atoms with van der Waals surface area (Å²) in [7, 11) is -1.99. The Morgan fingerprint density at radius 1 is 1.07 bits per heavy atom. The van der Waals surface area contributed by atoms with Crippen molar-refractivity contribution in [2.75, 3.05) is 19.5 Å². The molecule has 160 valence electrons. The number of methoxy groups -OCH3 is 1. The lowest BCUT2D eigenvalue weighted by atomic mass is 10.2. The summed E-state index contributed by atoms with van der Waals surface area (Å²) < 4.78 is 34.8. The van der Waals surface area contributed by atoms with Crippen LogP contribution in [0, 0.1) is 0 Å². The fourth-order valence-electron chi connectivity index (χ4n) is 3.08. The molecule has 30 heavy (non-hydrogen) atoms. The van der Waals surface area contributed by atoms with Crippen LogP contribution in [0.3, 0.4) is 0 Å². The fraction of sp³-hybridized carbons (Fsp3) is 0.364. The number of benzene rings is 2. The van der Waals surface area contributed by atoms with E-state index in [1.807, 2.05) is 24.3 Å². The van der Waals surface area contributed by atoms with E-state index in [1.165, 1.54) is 19.1 Å². The minimum atomic E-state index is -3.59. The molecule has 1 aliphatic carbocycles. The summed E-state index contributed by atoms with van der Waals surface area (Å²) in [6.45, 7) is 1.48. The maximum atomic E-state index is 12.7. The highest BCUT2D eigenvalue weighted by molar-refractivity contribution is 7.91. The number of ether oxygens (including phenoxy) is 2. The topological polar surface area (TPSA) is 90.0 Å². The first-order chi connectivity index (χ1) is 14.4. The second kappa shape index (κ2) is 9.30. The van der Waals surface area contributed by atoms with E-state index in [4.69, 9.17) is 9.47 Å². The summed E-state index contributed by atoms with van der Waals surface area (Å²) in [5.74, 6) is -0.528. The number of amides is 1. The van der Waals surface area contributed by atoms with E-state index in [-0.39, 0.29) is 28.2 Å². The zero-order valence-corrected chi connectivity index (χ0v) is 17.9. The first-order valence-corrected chi connectivity index (χ1v) is 11.4. The van der Waals surface area contributed by atoms with Crippen LogP contribution < -0.4 is 4.74 Å². The van der Waals surface area contributed by atoms with Crippen LogP contribution in [0.1, 0.15) is 35.7 Å². The quantitative estimate of drug-likeness (QED) is 0.567. The molecule has 0 aliphatic heterocycles. The van der Waals surface area contributed by atoms with E-state index in [1.54, 1.807) is 24.1 Å². The molecule has 1 amide bonds. The number of sulfone groups is 1. The highest BCUT2D eigenvalue weighted by Gasteiger charge is 2.33. The van der Waals surface area contributed by atoms with Crippen LogP contribution in [0.2, 0.25) is 0 Å². The van der Waals surface area contributed by atoms with Gasteiger partial charge in [-0.25, -0.2) is 13.2 Å². The molecule has 0 atom stereocenters. The number of nitrogens with zero attached hydrogens (tertiary/aromatic N) is 1. The van der Waals surface area contributed by atoms with Gasteiger partial charge in [-0.1, -0.05) is 31.2 Å². The van der Waals surface area contributed by atoms with Crippen molar-refractivity contribution in [3.05, 3.63) is 59.7 Å². The molecule has 1 aliphatic rings. The molecule has 1 saturated carbocycles. The zero-order valence-electron chi connectivity index (χ0n) is 17.0. The molecule has 0 saturated heterocycles. The van der Waals surface area contributed by atoms with Crippen LogP contribution >= 0.6 is 0 Å². The number of hydrogen-bond acceptors (Lipinski definition) is 6. The zero-order chi connectivity index (χ0) is 21.7. The third-order valence-corrected chi connectivity index (χ3v) is 6.75. The molecular weight excluding hydrogens is 406 g/mol. The summed E-state index contributed by atoms with van der Waals surface area (Å²) in [5.41, 5.74) is 0.891. The molecule has 0 spiro atoms. The molecule has 2 aromatic carbocycles. The third kappa shape index (κ3) is 5.18. The first-order valence-electron chi connectivity index (χ1n) is 9.77. The molecule has 1 fully saturated rings. The normalized spacial score (nSPS) is 13.5. The predicted octanol–water partition coefficient (Wildman–Crippen LogP) is 2.84. The molecule has 0 heterocycles. The lowest BCUT2D eigenvalue weighted by molar-refractivity contribution is -0.135. The van der Waals surface area contributed by atoms with Crippen molar-refractivity contribution in [3.63, 3.8) is 0 Å². The summed E-state index contributed by atoms with van der Waals surface area (Å²) in [5, 5.41) is 0. The molecule has 2 aromatic rings. The van der Waals surface area contributed by atoms with Gasteiger partial charge < -0.3 is 14.4 Å². The largest absolute Gasteiger partial charge is 0.497 e. The van der Waals surface area contributed by atoms with Crippen LogP contribution in [0.5, 0.6) is 5.75 Å². The number of carbonyl (C=O) groups excluding carboxylic acids is 2. The van der Waals surface area contributed by atoms with Crippen molar-refractivity contribution in [1.82, 2.24) is 4.90 Å². The molecular formula is C22H25NO6S.